The first-order chi connectivity index (χ1) is 8.29. The predicted octanol–water partition coefficient (Wildman–Crippen LogP) is 0.958. The molecule has 1 saturated carbocycles. The van der Waals surface area contributed by atoms with Crippen LogP contribution in [0, 0.1) is 5.41 Å². The Bertz CT molecular complexity index is 320. The van der Waals surface area contributed by atoms with Crippen molar-refractivity contribution in [3.05, 3.63) is 0 Å². The van der Waals surface area contributed by atoms with Gasteiger partial charge in [0.05, 0.1) is 12.0 Å². The molecule has 0 aromatic heterocycles. The van der Waals surface area contributed by atoms with E-state index in [-0.39, 0.29) is 36.3 Å². The molecule has 0 saturated heterocycles. The standard InChI is InChI=1S/C13H25N3O2.ClH/c1-12(2,3)16-10(17)8-15-11(18)13(9-14)6-4-5-7-13;/h4-9,14H2,1-3H3,(H,15,18)(H,16,17);1H. The van der Waals surface area contributed by atoms with E-state index in [0.717, 1.165) is 25.7 Å². The lowest BCUT2D eigenvalue weighted by atomic mass is 9.85. The molecule has 1 aliphatic carbocycles. The Morgan fingerprint density at radius 1 is 1.21 bits per heavy atom. The second-order valence-corrected chi connectivity index (χ2v) is 6.17. The molecular formula is C13H26ClN3O2. The van der Waals surface area contributed by atoms with E-state index in [4.69, 9.17) is 5.73 Å². The number of hydrogen-bond donors (Lipinski definition) is 3. The third-order valence-corrected chi connectivity index (χ3v) is 3.36. The van der Waals surface area contributed by atoms with Gasteiger partial charge in [0.25, 0.3) is 0 Å². The van der Waals surface area contributed by atoms with Crippen LogP contribution in [0.1, 0.15) is 46.5 Å². The van der Waals surface area contributed by atoms with Crippen molar-refractivity contribution in [3.8, 4) is 0 Å². The minimum atomic E-state index is -0.442. The molecular weight excluding hydrogens is 266 g/mol. The summed E-state index contributed by atoms with van der Waals surface area (Å²) in [4.78, 5) is 23.7. The van der Waals surface area contributed by atoms with Gasteiger partial charge in [-0.15, -0.1) is 12.4 Å². The van der Waals surface area contributed by atoms with E-state index in [0.29, 0.717) is 6.54 Å². The van der Waals surface area contributed by atoms with Gasteiger partial charge in [0, 0.05) is 12.1 Å². The van der Waals surface area contributed by atoms with E-state index < -0.39 is 5.41 Å². The van der Waals surface area contributed by atoms with Crippen LogP contribution in [0.2, 0.25) is 0 Å². The van der Waals surface area contributed by atoms with Crippen LogP contribution in [0.5, 0.6) is 0 Å². The Morgan fingerprint density at radius 3 is 2.16 bits per heavy atom. The molecule has 0 aromatic rings. The van der Waals surface area contributed by atoms with Gasteiger partial charge in [-0.05, 0) is 33.6 Å². The van der Waals surface area contributed by atoms with Crippen LogP contribution in [0.3, 0.4) is 0 Å². The summed E-state index contributed by atoms with van der Waals surface area (Å²) in [5.74, 6) is -0.243. The predicted molar refractivity (Wildman–Crippen MR) is 78.1 cm³/mol. The van der Waals surface area contributed by atoms with Gasteiger partial charge in [0.1, 0.15) is 0 Å². The molecule has 1 aliphatic rings. The summed E-state index contributed by atoms with van der Waals surface area (Å²) in [5.41, 5.74) is 5.00. The molecule has 1 fully saturated rings. The summed E-state index contributed by atoms with van der Waals surface area (Å²) < 4.78 is 0. The largest absolute Gasteiger partial charge is 0.350 e. The fraction of sp³-hybridized carbons (Fsp3) is 0.846. The van der Waals surface area contributed by atoms with E-state index in [1.807, 2.05) is 20.8 Å². The highest BCUT2D eigenvalue weighted by molar-refractivity contribution is 5.88. The molecule has 6 heteroatoms. The normalized spacial score (nSPS) is 17.5. The first-order valence-electron chi connectivity index (χ1n) is 6.58. The van der Waals surface area contributed by atoms with Crippen molar-refractivity contribution in [3.63, 3.8) is 0 Å². The van der Waals surface area contributed by atoms with Crippen LogP contribution in [-0.2, 0) is 9.59 Å². The van der Waals surface area contributed by atoms with Crippen LogP contribution in [-0.4, -0.2) is 30.4 Å². The zero-order chi connectivity index (χ0) is 13.8. The van der Waals surface area contributed by atoms with Gasteiger partial charge >= 0.3 is 0 Å². The average molecular weight is 292 g/mol. The third kappa shape index (κ3) is 5.37. The first-order valence-corrected chi connectivity index (χ1v) is 6.58. The second kappa shape index (κ2) is 7.10. The van der Waals surface area contributed by atoms with E-state index in [1.54, 1.807) is 0 Å². The van der Waals surface area contributed by atoms with Crippen molar-refractivity contribution < 1.29 is 9.59 Å². The SMILES string of the molecule is CC(C)(C)NC(=O)CNC(=O)C1(CN)CCCC1.Cl. The average Bonchev–Trinajstić information content (AvgIpc) is 2.73. The number of rotatable bonds is 4. The minimum absolute atomic E-state index is 0. The molecule has 1 rings (SSSR count). The van der Waals surface area contributed by atoms with Crippen molar-refractivity contribution in [1.29, 1.82) is 0 Å². The smallest absolute Gasteiger partial charge is 0.239 e. The molecule has 5 nitrogen and oxygen atoms in total. The summed E-state index contributed by atoms with van der Waals surface area (Å²) in [6, 6.07) is 0. The molecule has 19 heavy (non-hydrogen) atoms. The third-order valence-electron chi connectivity index (χ3n) is 3.36. The van der Waals surface area contributed by atoms with Crippen molar-refractivity contribution in [2.75, 3.05) is 13.1 Å². The molecule has 2 amide bonds. The van der Waals surface area contributed by atoms with Gasteiger partial charge in [-0.25, -0.2) is 0 Å². The number of carbonyl (C=O) groups is 2. The van der Waals surface area contributed by atoms with Crippen molar-refractivity contribution in [2.24, 2.45) is 11.1 Å². The summed E-state index contributed by atoms with van der Waals surface area (Å²) in [6.45, 7) is 6.11. The van der Waals surface area contributed by atoms with E-state index in [9.17, 15) is 9.59 Å². The molecule has 112 valence electrons. The van der Waals surface area contributed by atoms with Gasteiger partial charge in [0.15, 0.2) is 0 Å². The molecule has 0 radical (unpaired) electrons. The lowest BCUT2D eigenvalue weighted by molar-refractivity contribution is -0.133. The quantitative estimate of drug-likeness (QED) is 0.721. The molecule has 4 N–H and O–H groups in total. The number of nitrogens with two attached hydrogens (primary N) is 1. The highest BCUT2D eigenvalue weighted by Gasteiger charge is 2.39. The maximum atomic E-state index is 12.1. The Hall–Kier alpha value is -0.810. The minimum Gasteiger partial charge on any atom is -0.350 e. The van der Waals surface area contributed by atoms with Crippen LogP contribution in [0.25, 0.3) is 0 Å². The lowest BCUT2D eigenvalue weighted by Gasteiger charge is -2.26. The van der Waals surface area contributed by atoms with E-state index in [1.165, 1.54) is 0 Å². The highest BCUT2D eigenvalue weighted by Crippen LogP contribution is 2.37. The molecule has 0 atom stereocenters. The van der Waals surface area contributed by atoms with Crippen LogP contribution < -0.4 is 16.4 Å². The Labute approximate surface area is 121 Å². The van der Waals surface area contributed by atoms with E-state index in [2.05, 4.69) is 10.6 Å². The second-order valence-electron chi connectivity index (χ2n) is 6.17. The summed E-state index contributed by atoms with van der Waals surface area (Å²) >= 11 is 0. The van der Waals surface area contributed by atoms with Gasteiger partial charge < -0.3 is 16.4 Å². The van der Waals surface area contributed by atoms with Gasteiger partial charge in [-0.2, -0.15) is 0 Å². The molecule has 0 unspecified atom stereocenters. The van der Waals surface area contributed by atoms with Crippen LogP contribution >= 0.6 is 12.4 Å². The summed E-state index contributed by atoms with van der Waals surface area (Å²) in [7, 11) is 0. The lowest BCUT2D eigenvalue weighted by Crippen LogP contribution is -2.50. The first kappa shape index (κ1) is 18.2. The Balaban J connectivity index is 0.00000324. The zero-order valence-electron chi connectivity index (χ0n) is 12.0. The number of nitrogens with one attached hydrogen (secondary N) is 2. The number of amides is 2. The van der Waals surface area contributed by atoms with Crippen molar-refractivity contribution in [1.82, 2.24) is 10.6 Å². The van der Waals surface area contributed by atoms with E-state index >= 15 is 0 Å². The van der Waals surface area contributed by atoms with Gasteiger partial charge in [0.2, 0.25) is 11.8 Å². The van der Waals surface area contributed by atoms with Crippen LogP contribution in [0.4, 0.5) is 0 Å². The maximum absolute atomic E-state index is 12.1. The van der Waals surface area contributed by atoms with Crippen LogP contribution in [0.15, 0.2) is 0 Å². The topological polar surface area (TPSA) is 84.2 Å². The fourth-order valence-electron chi connectivity index (χ4n) is 2.39. The fourth-order valence-corrected chi connectivity index (χ4v) is 2.39. The Morgan fingerprint density at radius 2 is 1.74 bits per heavy atom. The van der Waals surface area contributed by atoms with Gasteiger partial charge in [-0.1, -0.05) is 12.8 Å². The molecule has 0 aliphatic heterocycles. The van der Waals surface area contributed by atoms with Crippen molar-refractivity contribution >= 4 is 24.2 Å². The highest BCUT2D eigenvalue weighted by atomic mass is 35.5. The summed E-state index contributed by atoms with van der Waals surface area (Å²) in [5, 5.41) is 5.52. The number of hydrogen-bond acceptors (Lipinski definition) is 3. The molecule has 0 aromatic carbocycles. The monoisotopic (exact) mass is 291 g/mol. The maximum Gasteiger partial charge on any atom is 0.239 e. The summed E-state index contributed by atoms with van der Waals surface area (Å²) in [6.07, 6.45) is 3.74. The molecule has 0 spiro atoms. The van der Waals surface area contributed by atoms with Crippen molar-refractivity contribution in [2.45, 2.75) is 52.0 Å². The number of halogens is 1. The molecule has 0 heterocycles. The Kier molecular flexibility index (Phi) is 6.80. The number of carbonyl (C=O) groups excluding carboxylic acids is 2. The zero-order valence-corrected chi connectivity index (χ0v) is 12.9. The van der Waals surface area contributed by atoms with Gasteiger partial charge in [-0.3, -0.25) is 9.59 Å². The molecule has 0 bridgehead atoms.